The molecule has 2 rings (SSSR count). The summed E-state index contributed by atoms with van der Waals surface area (Å²) in [6.07, 6.45) is 23.4. The van der Waals surface area contributed by atoms with Gasteiger partial charge in [-0.25, -0.2) is 4.79 Å². The fourth-order valence-corrected chi connectivity index (χ4v) is 4.39. The van der Waals surface area contributed by atoms with E-state index in [1.165, 1.54) is 103 Å². The first kappa shape index (κ1) is 30.9. The summed E-state index contributed by atoms with van der Waals surface area (Å²) >= 11 is 0. The Kier molecular flexibility index (Phi) is 17.7. The Morgan fingerprint density at radius 1 is 0.543 bits per heavy atom. The molecular weight excluding hydrogens is 432 g/mol. The van der Waals surface area contributed by atoms with Gasteiger partial charge in [-0.15, -0.1) is 0 Å². The van der Waals surface area contributed by atoms with Gasteiger partial charge in [-0.1, -0.05) is 177 Å². The number of hydrogen-bond donors (Lipinski definition) is 2. The number of aliphatic hydroxyl groups is 1. The third-order valence-electron chi connectivity index (χ3n) is 6.65. The van der Waals surface area contributed by atoms with Crippen molar-refractivity contribution in [2.24, 2.45) is 0 Å². The second kappa shape index (κ2) is 20.1. The molecule has 0 radical (unpaired) electrons. The molecule has 0 aromatic heterocycles. The summed E-state index contributed by atoms with van der Waals surface area (Å²) in [5, 5.41) is 19.7. The van der Waals surface area contributed by atoms with E-state index >= 15 is 0 Å². The first-order valence-corrected chi connectivity index (χ1v) is 14.1. The molecule has 0 saturated carbocycles. The van der Waals surface area contributed by atoms with Crippen LogP contribution >= 0.6 is 0 Å². The number of rotatable bonds is 18. The van der Waals surface area contributed by atoms with Gasteiger partial charge in [0.25, 0.3) is 0 Å². The van der Waals surface area contributed by atoms with Gasteiger partial charge in [-0.2, -0.15) is 0 Å². The standard InChI is InChI=1S/C18H38.C14H12O3/c1-3-5-7-9-11-13-15-17-18-16-14-12-10-8-6-4-2;15-13(16)14(17,11-7-3-1-4-8-11)12-9-5-2-6-10-12/h3-18H2,1-2H3;1-10,17H,(H,15,16). The SMILES string of the molecule is CCCCCCCCCCCCCCCCCC.O=C(O)C(O)(c1ccccc1)c1ccccc1. The van der Waals surface area contributed by atoms with Gasteiger partial charge >= 0.3 is 5.97 Å². The summed E-state index contributed by atoms with van der Waals surface area (Å²) in [4.78, 5) is 11.4. The lowest BCUT2D eigenvalue weighted by Gasteiger charge is -2.24. The van der Waals surface area contributed by atoms with Gasteiger partial charge < -0.3 is 10.2 Å². The molecule has 3 nitrogen and oxygen atoms in total. The predicted molar refractivity (Wildman–Crippen MR) is 149 cm³/mol. The lowest BCUT2D eigenvalue weighted by Crippen LogP contribution is -2.36. The largest absolute Gasteiger partial charge is 0.479 e. The number of aliphatic carboxylic acids is 1. The predicted octanol–water partition coefficient (Wildman–Crippen LogP) is 9.27. The zero-order valence-electron chi connectivity index (χ0n) is 22.4. The van der Waals surface area contributed by atoms with Crippen LogP contribution in [0.5, 0.6) is 0 Å². The Morgan fingerprint density at radius 3 is 1.03 bits per heavy atom. The van der Waals surface area contributed by atoms with E-state index in [2.05, 4.69) is 13.8 Å². The second-order valence-corrected chi connectivity index (χ2v) is 9.70. The Hall–Kier alpha value is -2.13. The van der Waals surface area contributed by atoms with Crippen molar-refractivity contribution >= 4 is 5.97 Å². The maximum absolute atomic E-state index is 11.4. The quantitative estimate of drug-likeness (QED) is 0.208. The zero-order valence-corrected chi connectivity index (χ0v) is 22.4. The van der Waals surface area contributed by atoms with Crippen LogP contribution in [-0.2, 0) is 10.4 Å². The topological polar surface area (TPSA) is 57.5 Å². The van der Waals surface area contributed by atoms with Crippen molar-refractivity contribution in [3.63, 3.8) is 0 Å². The normalized spacial score (nSPS) is 11.1. The molecule has 0 saturated heterocycles. The number of carbonyl (C=O) groups is 1. The highest BCUT2D eigenvalue weighted by Crippen LogP contribution is 2.29. The van der Waals surface area contributed by atoms with Crippen LogP contribution in [-0.4, -0.2) is 16.2 Å². The monoisotopic (exact) mass is 482 g/mol. The molecular formula is C32H50O3. The maximum atomic E-state index is 11.4. The van der Waals surface area contributed by atoms with Crippen molar-refractivity contribution in [1.82, 2.24) is 0 Å². The second-order valence-electron chi connectivity index (χ2n) is 9.70. The van der Waals surface area contributed by atoms with Crippen LogP contribution in [0.15, 0.2) is 60.7 Å². The van der Waals surface area contributed by atoms with Crippen molar-refractivity contribution in [3.8, 4) is 0 Å². The molecule has 0 atom stereocenters. The highest BCUT2D eigenvalue weighted by Gasteiger charge is 2.39. The summed E-state index contributed by atoms with van der Waals surface area (Å²) in [5.41, 5.74) is -1.31. The van der Waals surface area contributed by atoms with E-state index in [-0.39, 0.29) is 0 Å². The number of carboxylic acids is 1. The van der Waals surface area contributed by atoms with Crippen LogP contribution in [0.25, 0.3) is 0 Å². The van der Waals surface area contributed by atoms with E-state index in [4.69, 9.17) is 0 Å². The number of carboxylic acid groups (broad SMARTS) is 1. The smallest absolute Gasteiger partial charge is 0.345 e. The Balaban J connectivity index is 0.000000350. The van der Waals surface area contributed by atoms with E-state index < -0.39 is 11.6 Å². The minimum atomic E-state index is -2.00. The van der Waals surface area contributed by atoms with Crippen molar-refractivity contribution in [3.05, 3.63) is 71.8 Å². The third-order valence-corrected chi connectivity index (χ3v) is 6.65. The molecule has 0 spiro atoms. The van der Waals surface area contributed by atoms with Crippen molar-refractivity contribution in [2.45, 2.75) is 122 Å². The van der Waals surface area contributed by atoms with Crippen LogP contribution in [0.1, 0.15) is 128 Å². The van der Waals surface area contributed by atoms with E-state index in [0.717, 1.165) is 0 Å². The van der Waals surface area contributed by atoms with Crippen molar-refractivity contribution in [2.75, 3.05) is 0 Å². The van der Waals surface area contributed by atoms with Gasteiger partial charge in [0.2, 0.25) is 5.60 Å². The van der Waals surface area contributed by atoms with Crippen molar-refractivity contribution in [1.29, 1.82) is 0 Å². The molecule has 0 bridgehead atoms. The zero-order chi connectivity index (χ0) is 25.6. The van der Waals surface area contributed by atoms with Crippen LogP contribution in [0.4, 0.5) is 0 Å². The summed E-state index contributed by atoms with van der Waals surface area (Å²) in [7, 11) is 0. The summed E-state index contributed by atoms with van der Waals surface area (Å²) in [6.45, 7) is 4.59. The Labute approximate surface area is 215 Å². The fourth-order valence-electron chi connectivity index (χ4n) is 4.39. The van der Waals surface area contributed by atoms with Crippen molar-refractivity contribution < 1.29 is 15.0 Å². The minimum absolute atomic E-state index is 0.346. The third kappa shape index (κ3) is 12.9. The van der Waals surface area contributed by atoms with Crippen LogP contribution in [0, 0.1) is 0 Å². The molecule has 196 valence electrons. The lowest BCUT2D eigenvalue weighted by molar-refractivity contribution is -0.155. The van der Waals surface area contributed by atoms with E-state index in [1.54, 1.807) is 60.7 Å². The number of unbranched alkanes of at least 4 members (excludes halogenated alkanes) is 15. The van der Waals surface area contributed by atoms with E-state index in [0.29, 0.717) is 11.1 Å². The first-order chi connectivity index (χ1) is 17.1. The molecule has 2 aromatic rings. The van der Waals surface area contributed by atoms with E-state index in [1.807, 2.05) is 0 Å². The van der Waals surface area contributed by atoms with E-state index in [9.17, 15) is 15.0 Å². The lowest BCUT2D eigenvalue weighted by atomic mass is 9.86. The average molecular weight is 483 g/mol. The van der Waals surface area contributed by atoms with Crippen LogP contribution < -0.4 is 0 Å². The van der Waals surface area contributed by atoms with Gasteiger partial charge in [-0.05, 0) is 11.1 Å². The molecule has 0 unspecified atom stereocenters. The summed E-state index contributed by atoms with van der Waals surface area (Å²) in [6, 6.07) is 16.7. The van der Waals surface area contributed by atoms with Crippen LogP contribution in [0.3, 0.4) is 0 Å². The van der Waals surface area contributed by atoms with Gasteiger partial charge in [0.05, 0.1) is 0 Å². The molecule has 0 aliphatic heterocycles. The van der Waals surface area contributed by atoms with Gasteiger partial charge in [0, 0.05) is 0 Å². The number of benzene rings is 2. The first-order valence-electron chi connectivity index (χ1n) is 14.1. The van der Waals surface area contributed by atoms with Crippen LogP contribution in [0.2, 0.25) is 0 Å². The highest BCUT2D eigenvalue weighted by atomic mass is 16.4. The van der Waals surface area contributed by atoms with Gasteiger partial charge in [0.1, 0.15) is 0 Å². The molecule has 0 heterocycles. The maximum Gasteiger partial charge on any atom is 0.345 e. The molecule has 2 N–H and O–H groups in total. The average Bonchev–Trinajstić information content (AvgIpc) is 2.89. The van der Waals surface area contributed by atoms with Gasteiger partial charge in [-0.3, -0.25) is 0 Å². The molecule has 2 aromatic carbocycles. The Bertz CT molecular complexity index is 686. The summed E-state index contributed by atoms with van der Waals surface area (Å²) in [5.74, 6) is -1.28. The Morgan fingerprint density at radius 2 is 0.800 bits per heavy atom. The minimum Gasteiger partial charge on any atom is -0.479 e. The molecule has 35 heavy (non-hydrogen) atoms. The molecule has 3 heteroatoms. The fraction of sp³-hybridized carbons (Fsp3) is 0.594. The van der Waals surface area contributed by atoms with Gasteiger partial charge in [0.15, 0.2) is 0 Å². The highest BCUT2D eigenvalue weighted by molar-refractivity contribution is 5.83. The molecule has 0 aliphatic carbocycles. The summed E-state index contributed by atoms with van der Waals surface area (Å²) < 4.78 is 0. The molecule has 0 amide bonds. The number of hydrogen-bond acceptors (Lipinski definition) is 2. The molecule has 0 fully saturated rings. The molecule has 0 aliphatic rings.